The highest BCUT2D eigenvalue weighted by Gasteiger charge is 2.11. The molecule has 3 N–H and O–H groups in total. The Morgan fingerprint density at radius 2 is 2.47 bits per heavy atom. The molecule has 1 aromatic rings. The van der Waals surface area contributed by atoms with E-state index in [1.165, 1.54) is 11.3 Å². The lowest BCUT2D eigenvalue weighted by atomic mass is 10.2. The number of carbonyl (C=O) groups is 1. The molecule has 0 aliphatic rings. The fourth-order valence-corrected chi connectivity index (χ4v) is 2.48. The van der Waals surface area contributed by atoms with E-state index in [9.17, 15) is 4.79 Å². The van der Waals surface area contributed by atoms with Crippen molar-refractivity contribution in [3.05, 3.63) is 20.8 Å². The molecule has 1 rings (SSSR count). The van der Waals surface area contributed by atoms with Crippen LogP contribution >= 0.6 is 39.5 Å². The number of nitrogens with one attached hydrogen (secondary N) is 1. The number of thiophene rings is 1. The van der Waals surface area contributed by atoms with Gasteiger partial charge in [0.1, 0.15) is 0 Å². The summed E-state index contributed by atoms with van der Waals surface area (Å²) in [7, 11) is 0. The van der Waals surface area contributed by atoms with Gasteiger partial charge in [-0.1, -0.05) is 12.2 Å². The van der Waals surface area contributed by atoms with Gasteiger partial charge >= 0.3 is 0 Å². The first-order chi connectivity index (χ1) is 6.99. The van der Waals surface area contributed by atoms with Gasteiger partial charge in [-0.25, -0.2) is 0 Å². The molecular weight excluding hydrogens is 296 g/mol. The summed E-state index contributed by atoms with van der Waals surface area (Å²) in [6.45, 7) is 1.87. The molecule has 1 unspecified atom stereocenters. The van der Waals surface area contributed by atoms with Crippen molar-refractivity contribution in [2.75, 3.05) is 0 Å². The summed E-state index contributed by atoms with van der Waals surface area (Å²) in [4.78, 5) is 12.1. The lowest BCUT2D eigenvalue weighted by molar-refractivity contribution is 0.0942. The van der Waals surface area contributed by atoms with Crippen molar-refractivity contribution in [3.8, 4) is 0 Å². The first kappa shape index (κ1) is 12.6. The number of halogens is 1. The molecule has 3 nitrogen and oxygen atoms in total. The maximum atomic E-state index is 11.6. The van der Waals surface area contributed by atoms with Crippen LogP contribution < -0.4 is 11.1 Å². The Balaban J connectivity index is 2.52. The van der Waals surface area contributed by atoms with E-state index in [1.807, 2.05) is 6.92 Å². The molecule has 0 aliphatic carbocycles. The van der Waals surface area contributed by atoms with Gasteiger partial charge in [0.25, 0.3) is 5.91 Å². The standard InChI is InChI=1S/C9H11BrN2OS2/c1-5(2-8(11)14)12-9(13)6-3-7(10)15-4-6/h3-5H,2H2,1H3,(H2,11,14)(H,12,13). The summed E-state index contributed by atoms with van der Waals surface area (Å²) < 4.78 is 0.939. The normalized spacial score (nSPS) is 12.1. The van der Waals surface area contributed by atoms with E-state index >= 15 is 0 Å². The number of hydrogen-bond acceptors (Lipinski definition) is 3. The Kier molecular flexibility index (Phi) is 4.69. The van der Waals surface area contributed by atoms with Gasteiger partial charge in [-0.05, 0) is 28.9 Å². The average Bonchev–Trinajstić information content (AvgIpc) is 2.49. The Morgan fingerprint density at radius 3 is 2.93 bits per heavy atom. The second-order valence-corrected chi connectivity index (χ2v) is 6.00. The SMILES string of the molecule is CC(CC(N)=S)NC(=O)c1csc(Br)c1. The van der Waals surface area contributed by atoms with E-state index in [0.717, 1.165) is 3.79 Å². The summed E-state index contributed by atoms with van der Waals surface area (Å²) in [5, 5.41) is 4.62. The van der Waals surface area contributed by atoms with Gasteiger partial charge in [0.05, 0.1) is 14.3 Å². The Labute approximate surface area is 106 Å². The van der Waals surface area contributed by atoms with Crippen LogP contribution in [-0.4, -0.2) is 16.9 Å². The lowest BCUT2D eigenvalue weighted by Gasteiger charge is -2.11. The van der Waals surface area contributed by atoms with Gasteiger partial charge in [0.2, 0.25) is 0 Å². The number of amides is 1. The molecule has 1 aromatic heterocycles. The van der Waals surface area contributed by atoms with E-state index in [1.54, 1.807) is 11.4 Å². The molecule has 0 saturated carbocycles. The molecule has 0 bridgehead atoms. The van der Waals surface area contributed by atoms with Crippen molar-refractivity contribution in [2.24, 2.45) is 5.73 Å². The van der Waals surface area contributed by atoms with Crippen molar-refractivity contribution in [3.63, 3.8) is 0 Å². The van der Waals surface area contributed by atoms with Crippen molar-refractivity contribution < 1.29 is 4.79 Å². The van der Waals surface area contributed by atoms with Crippen LogP contribution in [0, 0.1) is 0 Å². The predicted octanol–water partition coefficient (Wildman–Crippen LogP) is 2.31. The lowest BCUT2D eigenvalue weighted by Crippen LogP contribution is -2.35. The average molecular weight is 307 g/mol. The first-order valence-corrected chi connectivity index (χ1v) is 6.40. The molecule has 1 amide bonds. The summed E-state index contributed by atoms with van der Waals surface area (Å²) in [6.07, 6.45) is 0.520. The zero-order valence-electron chi connectivity index (χ0n) is 8.12. The third-order valence-corrected chi connectivity index (χ3v) is 3.39. The maximum Gasteiger partial charge on any atom is 0.252 e. The molecule has 0 aliphatic heterocycles. The van der Waals surface area contributed by atoms with Crippen molar-refractivity contribution in [2.45, 2.75) is 19.4 Å². The minimum absolute atomic E-state index is 0.0336. The van der Waals surface area contributed by atoms with Gasteiger partial charge in [-0.2, -0.15) is 0 Å². The van der Waals surface area contributed by atoms with E-state index in [4.69, 9.17) is 18.0 Å². The number of carbonyl (C=O) groups excluding carboxylic acids is 1. The highest BCUT2D eigenvalue weighted by Crippen LogP contribution is 2.20. The number of rotatable bonds is 4. The molecule has 0 spiro atoms. The van der Waals surface area contributed by atoms with Crippen LogP contribution in [0.25, 0.3) is 0 Å². The summed E-state index contributed by atoms with van der Waals surface area (Å²) >= 11 is 9.55. The van der Waals surface area contributed by atoms with Gasteiger partial charge in [0.15, 0.2) is 0 Å². The van der Waals surface area contributed by atoms with Gasteiger partial charge < -0.3 is 11.1 Å². The summed E-state index contributed by atoms with van der Waals surface area (Å²) in [6, 6.07) is 1.75. The Bertz CT molecular complexity index is 378. The fraction of sp³-hybridized carbons (Fsp3) is 0.333. The highest BCUT2D eigenvalue weighted by atomic mass is 79.9. The molecular formula is C9H11BrN2OS2. The Morgan fingerprint density at radius 1 is 1.80 bits per heavy atom. The minimum Gasteiger partial charge on any atom is -0.393 e. The van der Waals surface area contributed by atoms with E-state index in [0.29, 0.717) is 17.0 Å². The zero-order valence-corrected chi connectivity index (χ0v) is 11.3. The molecule has 82 valence electrons. The third kappa shape index (κ3) is 4.27. The zero-order chi connectivity index (χ0) is 11.4. The van der Waals surface area contributed by atoms with Crippen molar-refractivity contribution >= 4 is 50.4 Å². The van der Waals surface area contributed by atoms with Gasteiger partial charge in [-0.3, -0.25) is 4.79 Å². The largest absolute Gasteiger partial charge is 0.393 e. The van der Waals surface area contributed by atoms with Crippen LogP contribution in [-0.2, 0) is 0 Å². The van der Waals surface area contributed by atoms with Crippen molar-refractivity contribution in [1.29, 1.82) is 0 Å². The monoisotopic (exact) mass is 306 g/mol. The summed E-state index contributed by atoms with van der Waals surface area (Å²) in [5.41, 5.74) is 6.04. The van der Waals surface area contributed by atoms with Crippen molar-refractivity contribution in [1.82, 2.24) is 5.32 Å². The van der Waals surface area contributed by atoms with Gasteiger partial charge in [0, 0.05) is 17.8 Å². The van der Waals surface area contributed by atoms with E-state index in [2.05, 4.69) is 21.2 Å². The Hall–Kier alpha value is -0.460. The molecule has 0 radical (unpaired) electrons. The van der Waals surface area contributed by atoms with Crippen LogP contribution in [0.15, 0.2) is 15.2 Å². The minimum atomic E-state index is -0.0966. The maximum absolute atomic E-state index is 11.6. The summed E-state index contributed by atoms with van der Waals surface area (Å²) in [5.74, 6) is -0.0966. The molecule has 0 saturated heterocycles. The molecule has 15 heavy (non-hydrogen) atoms. The predicted molar refractivity (Wildman–Crippen MR) is 70.3 cm³/mol. The van der Waals surface area contributed by atoms with Crippen LogP contribution in [0.5, 0.6) is 0 Å². The number of nitrogens with two attached hydrogens (primary N) is 1. The quantitative estimate of drug-likeness (QED) is 0.839. The molecule has 1 heterocycles. The molecule has 1 atom stereocenters. The topological polar surface area (TPSA) is 55.1 Å². The first-order valence-electron chi connectivity index (χ1n) is 4.32. The molecule has 0 aromatic carbocycles. The molecule has 6 heteroatoms. The van der Waals surface area contributed by atoms with E-state index < -0.39 is 0 Å². The second kappa shape index (κ2) is 5.58. The van der Waals surface area contributed by atoms with Crippen LogP contribution in [0.3, 0.4) is 0 Å². The smallest absolute Gasteiger partial charge is 0.252 e. The third-order valence-electron chi connectivity index (χ3n) is 1.71. The van der Waals surface area contributed by atoms with Crippen LogP contribution in [0.2, 0.25) is 0 Å². The number of hydrogen-bond donors (Lipinski definition) is 2. The number of thiocarbonyl (C=S) groups is 1. The molecule has 0 fully saturated rings. The van der Waals surface area contributed by atoms with Gasteiger partial charge in [-0.15, -0.1) is 11.3 Å². The highest BCUT2D eigenvalue weighted by molar-refractivity contribution is 9.11. The fourth-order valence-electron chi connectivity index (χ4n) is 1.09. The van der Waals surface area contributed by atoms with Crippen LogP contribution in [0.1, 0.15) is 23.7 Å². The van der Waals surface area contributed by atoms with Crippen LogP contribution in [0.4, 0.5) is 0 Å². The second-order valence-electron chi connectivity index (χ2n) is 3.18. The van der Waals surface area contributed by atoms with E-state index in [-0.39, 0.29) is 11.9 Å².